The highest BCUT2D eigenvalue weighted by atomic mass is 32.2. The topological polar surface area (TPSA) is 101 Å². The van der Waals surface area contributed by atoms with Crippen LogP contribution in [0.25, 0.3) is 0 Å². The Kier molecular flexibility index (Phi) is 4.58. The number of anilines is 1. The number of aromatic amines is 1. The number of hydrogen-bond acceptors (Lipinski definition) is 6. The van der Waals surface area contributed by atoms with Crippen LogP contribution in [0.1, 0.15) is 42.1 Å². The van der Waals surface area contributed by atoms with Crippen LogP contribution < -0.4 is 17.0 Å². The van der Waals surface area contributed by atoms with E-state index in [1.165, 1.54) is 16.3 Å². The molecule has 0 bridgehead atoms. The summed E-state index contributed by atoms with van der Waals surface area (Å²) in [6, 6.07) is -0.00997. The maximum Gasteiger partial charge on any atom is 0.330 e. The second-order valence-corrected chi connectivity index (χ2v) is 7.40. The van der Waals surface area contributed by atoms with E-state index in [4.69, 9.17) is 18.0 Å². The van der Waals surface area contributed by atoms with Gasteiger partial charge in [0.05, 0.1) is 5.75 Å². The first-order valence-corrected chi connectivity index (χ1v) is 8.97. The van der Waals surface area contributed by atoms with Crippen molar-refractivity contribution in [3.05, 3.63) is 26.4 Å². The molecule has 0 spiro atoms. The number of nitrogens with zero attached hydrogens (tertiary/aromatic N) is 2. The fraction of sp³-hybridized carbons (Fsp3) is 0.571. The number of nitrogen functional groups attached to an aromatic ring is 1. The van der Waals surface area contributed by atoms with Crippen LogP contribution in [0.15, 0.2) is 9.59 Å². The third-order valence-electron chi connectivity index (χ3n) is 4.06. The summed E-state index contributed by atoms with van der Waals surface area (Å²) < 4.78 is 1.99. The van der Waals surface area contributed by atoms with E-state index in [2.05, 4.69) is 9.88 Å². The van der Waals surface area contributed by atoms with Gasteiger partial charge in [-0.05, 0) is 25.7 Å². The molecule has 3 rings (SSSR count). The highest BCUT2D eigenvalue weighted by Crippen LogP contribution is 2.35. The monoisotopic (exact) mass is 354 g/mol. The highest BCUT2D eigenvalue weighted by molar-refractivity contribution is 8.23. The molecular weight excluding hydrogens is 336 g/mol. The molecule has 0 amide bonds. The maximum atomic E-state index is 12.4. The van der Waals surface area contributed by atoms with Crippen molar-refractivity contribution in [1.29, 1.82) is 0 Å². The van der Waals surface area contributed by atoms with Gasteiger partial charge in [0, 0.05) is 19.1 Å². The van der Waals surface area contributed by atoms with E-state index in [1.807, 2.05) is 0 Å². The molecule has 0 aromatic carbocycles. The molecule has 1 aliphatic heterocycles. The first kappa shape index (κ1) is 16.3. The van der Waals surface area contributed by atoms with Crippen molar-refractivity contribution in [1.82, 2.24) is 14.5 Å². The van der Waals surface area contributed by atoms with E-state index in [-0.39, 0.29) is 23.2 Å². The number of likely N-dealkylation sites (tertiary alicyclic amines) is 1. The normalized spacial score (nSPS) is 17.5. The summed E-state index contributed by atoms with van der Waals surface area (Å²) in [6.45, 7) is 1.82. The van der Waals surface area contributed by atoms with Gasteiger partial charge in [-0.1, -0.05) is 24.0 Å². The van der Waals surface area contributed by atoms with Crippen LogP contribution in [0.5, 0.6) is 0 Å². The molecule has 1 aromatic heterocycles. The van der Waals surface area contributed by atoms with Crippen molar-refractivity contribution in [2.75, 3.05) is 24.6 Å². The van der Waals surface area contributed by atoms with Crippen LogP contribution in [0, 0.1) is 0 Å². The number of hydrogen-bond donors (Lipinski definition) is 2. The van der Waals surface area contributed by atoms with Gasteiger partial charge in [-0.3, -0.25) is 19.1 Å². The van der Waals surface area contributed by atoms with Gasteiger partial charge < -0.3 is 10.6 Å². The largest absolute Gasteiger partial charge is 0.384 e. The number of carbonyl (C=O) groups is 1. The van der Waals surface area contributed by atoms with Crippen molar-refractivity contribution in [3.63, 3.8) is 0 Å². The Morgan fingerprint density at radius 2 is 1.96 bits per heavy atom. The number of nitrogens with two attached hydrogens (primary N) is 1. The number of ketones is 1. The molecule has 1 saturated heterocycles. The third kappa shape index (κ3) is 3.35. The van der Waals surface area contributed by atoms with Crippen molar-refractivity contribution in [3.8, 4) is 0 Å². The Morgan fingerprint density at radius 3 is 2.57 bits per heavy atom. The minimum Gasteiger partial charge on any atom is -0.384 e. The molecule has 2 aliphatic rings. The fourth-order valence-electron chi connectivity index (χ4n) is 2.72. The van der Waals surface area contributed by atoms with Crippen molar-refractivity contribution in [2.24, 2.45) is 0 Å². The first-order chi connectivity index (χ1) is 11.0. The minimum atomic E-state index is -0.720. The molecule has 1 saturated carbocycles. The Hall–Kier alpha value is -1.61. The predicted molar refractivity (Wildman–Crippen MR) is 94.2 cm³/mol. The van der Waals surface area contributed by atoms with Crippen LogP contribution >= 0.6 is 24.0 Å². The highest BCUT2D eigenvalue weighted by Gasteiger charge is 2.30. The summed E-state index contributed by atoms with van der Waals surface area (Å²) in [5.41, 5.74) is 4.52. The standard InChI is InChI=1S/C14H18N4O3S2/c15-11-10(12(20)16-13(21)18(11)8-3-4-8)9(19)7-23-14(22)17-5-1-2-6-17/h8H,1-7,15H2,(H,16,20,21). The lowest BCUT2D eigenvalue weighted by molar-refractivity contribution is 0.102. The molecule has 1 aromatic rings. The van der Waals surface area contributed by atoms with Gasteiger partial charge in [-0.15, -0.1) is 0 Å². The molecule has 3 N–H and O–H groups in total. The Labute approximate surface area is 142 Å². The van der Waals surface area contributed by atoms with E-state index >= 15 is 0 Å². The number of carbonyl (C=O) groups excluding carboxylic acids is 1. The van der Waals surface area contributed by atoms with Crippen LogP contribution in [0.4, 0.5) is 5.82 Å². The minimum absolute atomic E-state index is 0.00997. The lowest BCUT2D eigenvalue weighted by Crippen LogP contribution is -2.36. The lowest BCUT2D eigenvalue weighted by atomic mass is 10.2. The molecule has 0 atom stereocenters. The van der Waals surface area contributed by atoms with Gasteiger partial charge in [0.1, 0.15) is 15.7 Å². The van der Waals surface area contributed by atoms with Gasteiger partial charge in [0.2, 0.25) is 0 Å². The van der Waals surface area contributed by atoms with Gasteiger partial charge in [0.15, 0.2) is 5.78 Å². The Balaban J connectivity index is 1.77. The summed E-state index contributed by atoms with van der Waals surface area (Å²) in [6.07, 6.45) is 3.87. The van der Waals surface area contributed by atoms with E-state index in [9.17, 15) is 14.4 Å². The van der Waals surface area contributed by atoms with Crippen LogP contribution in [-0.2, 0) is 0 Å². The average Bonchev–Trinajstić information content (AvgIpc) is 3.16. The number of nitrogens with one attached hydrogen (secondary N) is 1. The van der Waals surface area contributed by atoms with E-state index in [1.54, 1.807) is 0 Å². The van der Waals surface area contributed by atoms with Crippen LogP contribution in [0.3, 0.4) is 0 Å². The molecule has 7 nitrogen and oxygen atoms in total. The SMILES string of the molecule is Nc1c(C(=O)CSC(=S)N2CCCC2)c(=O)[nH]c(=O)n1C1CC1. The molecule has 1 aliphatic carbocycles. The Morgan fingerprint density at radius 1 is 1.30 bits per heavy atom. The predicted octanol–water partition coefficient (Wildman–Crippen LogP) is 0.750. The number of H-pyrrole nitrogens is 1. The number of thioether (sulfide) groups is 1. The third-order valence-corrected chi connectivity index (χ3v) is 5.59. The quantitative estimate of drug-likeness (QED) is 0.608. The molecule has 0 unspecified atom stereocenters. The number of Topliss-reactive ketones (excluding diaryl/α,β-unsaturated/α-hetero) is 1. The first-order valence-electron chi connectivity index (χ1n) is 7.58. The van der Waals surface area contributed by atoms with Crippen molar-refractivity contribution >= 4 is 39.9 Å². The fourth-order valence-corrected chi connectivity index (χ4v) is 3.84. The van der Waals surface area contributed by atoms with Gasteiger partial charge in [0.25, 0.3) is 5.56 Å². The zero-order valence-electron chi connectivity index (χ0n) is 12.5. The second kappa shape index (κ2) is 6.48. The molecule has 124 valence electrons. The summed E-state index contributed by atoms with van der Waals surface area (Å²) in [5.74, 6) is -0.380. The molecular formula is C14H18N4O3S2. The average molecular weight is 354 g/mol. The molecule has 2 fully saturated rings. The van der Waals surface area contributed by atoms with Gasteiger partial charge >= 0.3 is 5.69 Å². The molecule has 2 heterocycles. The number of rotatable bonds is 4. The molecule has 0 radical (unpaired) electrons. The second-order valence-electron chi connectivity index (χ2n) is 5.79. The van der Waals surface area contributed by atoms with E-state index in [0.29, 0.717) is 4.32 Å². The number of thiocarbonyl (C=S) groups is 1. The zero-order chi connectivity index (χ0) is 16.6. The summed E-state index contributed by atoms with van der Waals surface area (Å²) in [5, 5.41) is 0. The lowest BCUT2D eigenvalue weighted by Gasteiger charge is -2.17. The molecule has 23 heavy (non-hydrogen) atoms. The smallest absolute Gasteiger partial charge is 0.330 e. The van der Waals surface area contributed by atoms with Gasteiger partial charge in [-0.25, -0.2) is 4.79 Å². The molecule has 9 heteroatoms. The van der Waals surface area contributed by atoms with Gasteiger partial charge in [-0.2, -0.15) is 0 Å². The van der Waals surface area contributed by atoms with Crippen molar-refractivity contribution in [2.45, 2.75) is 31.7 Å². The Bertz CT molecular complexity index is 760. The summed E-state index contributed by atoms with van der Waals surface area (Å²) >= 11 is 6.55. The van der Waals surface area contributed by atoms with Crippen molar-refractivity contribution < 1.29 is 4.79 Å². The van der Waals surface area contributed by atoms with Crippen LogP contribution in [0.2, 0.25) is 0 Å². The van der Waals surface area contributed by atoms with Crippen LogP contribution in [-0.4, -0.2) is 43.4 Å². The zero-order valence-corrected chi connectivity index (χ0v) is 14.2. The summed E-state index contributed by atoms with van der Waals surface area (Å²) in [4.78, 5) is 40.5. The van der Waals surface area contributed by atoms with E-state index < -0.39 is 17.0 Å². The summed E-state index contributed by atoms with van der Waals surface area (Å²) in [7, 11) is 0. The maximum absolute atomic E-state index is 12.4. The number of aromatic nitrogens is 2. The van der Waals surface area contributed by atoms with E-state index in [0.717, 1.165) is 38.8 Å².